The highest BCUT2D eigenvalue weighted by Gasteiger charge is 2.17. The molecule has 1 aromatic carbocycles. The number of hydrogen-bond acceptors (Lipinski definition) is 1. The number of benzene rings is 1. The van der Waals surface area contributed by atoms with Crippen LogP contribution in [-0.2, 0) is 0 Å². The van der Waals surface area contributed by atoms with E-state index in [1.165, 1.54) is 25.7 Å². The van der Waals surface area contributed by atoms with Crippen LogP contribution in [0.15, 0.2) is 30.3 Å². The molecule has 1 aliphatic rings. The zero-order valence-corrected chi connectivity index (χ0v) is 9.56. The van der Waals surface area contributed by atoms with Gasteiger partial charge in [0.2, 0.25) is 0 Å². The number of hydrogen-bond donors (Lipinski definition) is 0. The highest BCUT2D eigenvalue weighted by atomic mass is 16.1. The maximum Gasteiger partial charge on any atom is 0.272 e. The van der Waals surface area contributed by atoms with Crippen molar-refractivity contribution in [3.8, 4) is 0 Å². The molecule has 0 aromatic heterocycles. The maximum atomic E-state index is 11.9. The Morgan fingerprint density at radius 3 is 2.25 bits per heavy atom. The molecule has 0 N–H and O–H groups in total. The van der Waals surface area contributed by atoms with Crippen LogP contribution in [-0.4, -0.2) is 11.9 Å². The molecule has 0 atom stereocenters. The number of amides is 1. The van der Waals surface area contributed by atoms with Gasteiger partial charge in [-0.25, -0.2) is 5.32 Å². The summed E-state index contributed by atoms with van der Waals surface area (Å²) >= 11 is 0. The Kier molecular flexibility index (Phi) is 3.97. The first kappa shape index (κ1) is 11.2. The molecule has 2 rings (SSSR count). The number of carbonyl (C=O) groups is 1. The van der Waals surface area contributed by atoms with Crippen molar-refractivity contribution in [1.82, 2.24) is 5.32 Å². The Morgan fingerprint density at radius 2 is 1.62 bits per heavy atom. The molecular formula is C14H18NO. The lowest BCUT2D eigenvalue weighted by atomic mass is 10.1. The van der Waals surface area contributed by atoms with E-state index in [1.54, 1.807) is 0 Å². The molecule has 2 heteroatoms. The van der Waals surface area contributed by atoms with Crippen LogP contribution in [0, 0.1) is 0 Å². The monoisotopic (exact) mass is 216 g/mol. The van der Waals surface area contributed by atoms with Gasteiger partial charge in [0, 0.05) is 5.56 Å². The zero-order valence-electron chi connectivity index (χ0n) is 9.56. The summed E-state index contributed by atoms with van der Waals surface area (Å²) in [5.74, 6) is -0.0486. The van der Waals surface area contributed by atoms with Crippen molar-refractivity contribution in [3.05, 3.63) is 35.9 Å². The zero-order chi connectivity index (χ0) is 11.2. The summed E-state index contributed by atoms with van der Waals surface area (Å²) in [5, 5.41) is 4.33. The predicted molar refractivity (Wildman–Crippen MR) is 64.4 cm³/mol. The fourth-order valence-electron chi connectivity index (χ4n) is 2.21. The minimum atomic E-state index is -0.0486. The van der Waals surface area contributed by atoms with E-state index < -0.39 is 0 Å². The fourth-order valence-corrected chi connectivity index (χ4v) is 2.21. The van der Waals surface area contributed by atoms with Crippen LogP contribution in [0.25, 0.3) is 0 Å². The average Bonchev–Trinajstić information content (AvgIpc) is 2.59. The van der Waals surface area contributed by atoms with Crippen molar-refractivity contribution in [2.75, 3.05) is 0 Å². The summed E-state index contributed by atoms with van der Waals surface area (Å²) in [4.78, 5) is 11.9. The second-order valence-corrected chi connectivity index (χ2v) is 4.45. The standard InChI is InChI=1S/C14H18NO/c16-14(12-8-4-3-5-9-12)15-13-10-6-1-2-7-11-13/h3-5,8-9,13H,1-2,6-7,10-11H2. The molecule has 0 heterocycles. The third-order valence-electron chi connectivity index (χ3n) is 3.15. The Morgan fingerprint density at radius 1 is 1.00 bits per heavy atom. The van der Waals surface area contributed by atoms with Gasteiger partial charge in [0.1, 0.15) is 0 Å². The normalized spacial score (nSPS) is 17.8. The van der Waals surface area contributed by atoms with Gasteiger partial charge in [0.25, 0.3) is 5.91 Å². The molecule has 1 aliphatic carbocycles. The highest BCUT2D eigenvalue weighted by Crippen LogP contribution is 2.18. The Bertz CT molecular complexity index is 326. The molecule has 2 nitrogen and oxygen atoms in total. The van der Waals surface area contributed by atoms with Crippen molar-refractivity contribution < 1.29 is 4.79 Å². The molecule has 0 saturated heterocycles. The first-order valence-electron chi connectivity index (χ1n) is 6.16. The lowest BCUT2D eigenvalue weighted by Gasteiger charge is -2.12. The average molecular weight is 216 g/mol. The topological polar surface area (TPSA) is 31.2 Å². The molecule has 0 aliphatic heterocycles. The van der Waals surface area contributed by atoms with Gasteiger partial charge in [-0.15, -0.1) is 0 Å². The lowest BCUT2D eigenvalue weighted by molar-refractivity contribution is 0.0927. The van der Waals surface area contributed by atoms with Crippen LogP contribution < -0.4 is 5.32 Å². The highest BCUT2D eigenvalue weighted by molar-refractivity contribution is 5.94. The summed E-state index contributed by atoms with van der Waals surface area (Å²) < 4.78 is 0. The first-order chi connectivity index (χ1) is 7.86. The Labute approximate surface area is 97.1 Å². The summed E-state index contributed by atoms with van der Waals surface area (Å²) in [6, 6.07) is 9.62. The molecule has 85 valence electrons. The van der Waals surface area contributed by atoms with E-state index >= 15 is 0 Å². The van der Waals surface area contributed by atoms with Crippen molar-refractivity contribution in [1.29, 1.82) is 0 Å². The van der Waals surface area contributed by atoms with E-state index in [2.05, 4.69) is 5.32 Å². The van der Waals surface area contributed by atoms with Gasteiger partial charge in [-0.2, -0.15) is 0 Å². The van der Waals surface area contributed by atoms with Crippen LogP contribution >= 0.6 is 0 Å². The predicted octanol–water partition coefficient (Wildman–Crippen LogP) is 3.15. The van der Waals surface area contributed by atoms with Crippen LogP contribution in [0.3, 0.4) is 0 Å². The molecule has 0 unspecified atom stereocenters. The minimum Gasteiger partial charge on any atom is -0.267 e. The van der Waals surface area contributed by atoms with Gasteiger partial charge in [-0.05, 0) is 25.0 Å². The van der Waals surface area contributed by atoms with Crippen molar-refractivity contribution in [2.24, 2.45) is 0 Å². The number of rotatable bonds is 2. The third kappa shape index (κ3) is 3.09. The van der Waals surface area contributed by atoms with E-state index in [0.717, 1.165) is 12.8 Å². The molecule has 1 aromatic rings. The van der Waals surface area contributed by atoms with Gasteiger partial charge in [0.15, 0.2) is 0 Å². The maximum absolute atomic E-state index is 11.9. The second-order valence-electron chi connectivity index (χ2n) is 4.45. The van der Waals surface area contributed by atoms with Gasteiger partial charge >= 0.3 is 0 Å². The van der Waals surface area contributed by atoms with Gasteiger partial charge < -0.3 is 0 Å². The SMILES string of the molecule is O=C([N]C1CCCCCC1)c1ccccc1. The minimum absolute atomic E-state index is 0.0486. The van der Waals surface area contributed by atoms with Crippen molar-refractivity contribution >= 4 is 5.91 Å². The number of nitrogens with zero attached hydrogens (tertiary/aromatic N) is 1. The molecule has 0 spiro atoms. The van der Waals surface area contributed by atoms with Crippen LogP contribution in [0.2, 0.25) is 0 Å². The smallest absolute Gasteiger partial charge is 0.267 e. The van der Waals surface area contributed by atoms with Crippen LogP contribution in [0.4, 0.5) is 0 Å². The largest absolute Gasteiger partial charge is 0.272 e. The third-order valence-corrected chi connectivity index (χ3v) is 3.15. The Hall–Kier alpha value is -1.31. The summed E-state index contributed by atoms with van der Waals surface area (Å²) in [7, 11) is 0. The molecule has 1 radical (unpaired) electrons. The van der Waals surface area contributed by atoms with Crippen LogP contribution in [0.5, 0.6) is 0 Å². The molecule has 0 bridgehead atoms. The summed E-state index contributed by atoms with van der Waals surface area (Å²) in [5.41, 5.74) is 0.715. The first-order valence-corrected chi connectivity index (χ1v) is 6.16. The van der Waals surface area contributed by atoms with E-state index in [0.29, 0.717) is 5.56 Å². The second kappa shape index (κ2) is 5.69. The summed E-state index contributed by atoms with van der Waals surface area (Å²) in [6.45, 7) is 0. The van der Waals surface area contributed by atoms with Gasteiger partial charge in [0.05, 0.1) is 6.04 Å². The van der Waals surface area contributed by atoms with Gasteiger partial charge in [-0.1, -0.05) is 43.9 Å². The quantitative estimate of drug-likeness (QED) is 0.699. The van der Waals surface area contributed by atoms with Gasteiger partial charge in [-0.3, -0.25) is 4.79 Å². The van der Waals surface area contributed by atoms with E-state index in [4.69, 9.17) is 0 Å². The van der Waals surface area contributed by atoms with E-state index in [9.17, 15) is 4.79 Å². The fraction of sp³-hybridized carbons (Fsp3) is 0.500. The van der Waals surface area contributed by atoms with E-state index in [1.807, 2.05) is 30.3 Å². The van der Waals surface area contributed by atoms with Crippen molar-refractivity contribution in [3.63, 3.8) is 0 Å². The Balaban J connectivity index is 1.91. The molecule has 1 fully saturated rings. The molecule has 16 heavy (non-hydrogen) atoms. The lowest BCUT2D eigenvalue weighted by Crippen LogP contribution is -2.27. The molecule has 1 amide bonds. The summed E-state index contributed by atoms with van der Waals surface area (Å²) in [6.07, 6.45) is 7.20. The number of carbonyl (C=O) groups excluding carboxylic acids is 1. The van der Waals surface area contributed by atoms with E-state index in [-0.39, 0.29) is 11.9 Å². The van der Waals surface area contributed by atoms with Crippen molar-refractivity contribution in [2.45, 2.75) is 44.6 Å². The molecule has 1 saturated carbocycles. The van der Waals surface area contributed by atoms with Crippen LogP contribution in [0.1, 0.15) is 48.9 Å². The molecular weight excluding hydrogens is 198 g/mol.